The SMILES string of the molecule is O=Cc1ccc(Oc2c(Br)cccc2[N+](=O)[O-])c(Cl)c1. The van der Waals surface area contributed by atoms with Crippen LogP contribution in [0.2, 0.25) is 5.02 Å². The summed E-state index contributed by atoms with van der Waals surface area (Å²) in [6.07, 6.45) is 0.649. The van der Waals surface area contributed by atoms with Gasteiger partial charge in [0.2, 0.25) is 5.75 Å². The molecule has 0 spiro atoms. The number of hydrogen-bond donors (Lipinski definition) is 0. The first-order valence-corrected chi connectivity index (χ1v) is 6.55. The minimum absolute atomic E-state index is 0.0539. The molecule has 0 bridgehead atoms. The summed E-state index contributed by atoms with van der Waals surface area (Å²) in [5.74, 6) is 0.283. The number of para-hydroxylation sites is 1. The third-order valence-corrected chi connectivity index (χ3v) is 3.37. The number of halogens is 2. The van der Waals surface area contributed by atoms with E-state index in [1.165, 1.54) is 30.3 Å². The Bertz CT molecular complexity index is 690. The molecule has 0 unspecified atom stereocenters. The van der Waals surface area contributed by atoms with Crippen LogP contribution in [0.1, 0.15) is 10.4 Å². The number of nitro benzene ring substituents is 1. The molecule has 0 aliphatic heterocycles. The number of hydrogen-bond acceptors (Lipinski definition) is 4. The second-order valence-electron chi connectivity index (χ2n) is 3.75. The molecule has 2 rings (SSSR count). The van der Waals surface area contributed by atoms with Crippen molar-refractivity contribution in [3.05, 3.63) is 61.6 Å². The molecule has 102 valence electrons. The highest BCUT2D eigenvalue weighted by Gasteiger charge is 2.19. The van der Waals surface area contributed by atoms with Crippen LogP contribution in [-0.4, -0.2) is 11.2 Å². The van der Waals surface area contributed by atoms with Crippen LogP contribution in [0.3, 0.4) is 0 Å². The van der Waals surface area contributed by atoms with Gasteiger partial charge in [-0.3, -0.25) is 14.9 Å². The highest BCUT2D eigenvalue weighted by Crippen LogP contribution is 2.40. The van der Waals surface area contributed by atoms with Gasteiger partial charge < -0.3 is 4.74 Å². The number of carbonyl (C=O) groups excluding carboxylic acids is 1. The van der Waals surface area contributed by atoms with Crippen molar-refractivity contribution in [1.29, 1.82) is 0 Å². The second-order valence-corrected chi connectivity index (χ2v) is 5.02. The molecule has 0 saturated heterocycles. The van der Waals surface area contributed by atoms with E-state index in [4.69, 9.17) is 16.3 Å². The van der Waals surface area contributed by atoms with Crippen LogP contribution >= 0.6 is 27.5 Å². The molecule has 0 amide bonds. The van der Waals surface area contributed by atoms with E-state index in [1.54, 1.807) is 6.07 Å². The van der Waals surface area contributed by atoms with Gasteiger partial charge in [0.15, 0.2) is 0 Å². The van der Waals surface area contributed by atoms with Crippen molar-refractivity contribution in [2.45, 2.75) is 0 Å². The van der Waals surface area contributed by atoms with Crippen LogP contribution in [0, 0.1) is 10.1 Å². The molecule has 0 fully saturated rings. The average molecular weight is 357 g/mol. The van der Waals surface area contributed by atoms with Gasteiger partial charge in [-0.2, -0.15) is 0 Å². The standard InChI is InChI=1S/C13H7BrClNO4/c14-9-2-1-3-11(16(18)19)13(9)20-12-5-4-8(7-17)6-10(12)15/h1-7H. The second kappa shape index (κ2) is 6.02. The van der Waals surface area contributed by atoms with Crippen molar-refractivity contribution in [2.24, 2.45) is 0 Å². The molecule has 7 heteroatoms. The van der Waals surface area contributed by atoms with E-state index in [-0.39, 0.29) is 22.2 Å². The quantitative estimate of drug-likeness (QED) is 0.455. The maximum atomic E-state index is 11.0. The number of aldehydes is 1. The summed E-state index contributed by atoms with van der Waals surface area (Å²) in [6.45, 7) is 0. The van der Waals surface area contributed by atoms with Crippen molar-refractivity contribution in [2.75, 3.05) is 0 Å². The summed E-state index contributed by atoms with van der Waals surface area (Å²) in [4.78, 5) is 21.1. The number of nitrogens with zero attached hydrogens (tertiary/aromatic N) is 1. The molecule has 20 heavy (non-hydrogen) atoms. The van der Waals surface area contributed by atoms with E-state index in [9.17, 15) is 14.9 Å². The highest BCUT2D eigenvalue weighted by molar-refractivity contribution is 9.10. The maximum absolute atomic E-state index is 11.0. The Kier molecular flexibility index (Phi) is 4.36. The van der Waals surface area contributed by atoms with Gasteiger partial charge in [-0.1, -0.05) is 17.7 Å². The van der Waals surface area contributed by atoms with Gasteiger partial charge in [0.05, 0.1) is 14.4 Å². The Morgan fingerprint density at radius 1 is 1.30 bits per heavy atom. The zero-order valence-corrected chi connectivity index (χ0v) is 12.2. The van der Waals surface area contributed by atoms with Crippen molar-refractivity contribution < 1.29 is 14.5 Å². The fourth-order valence-corrected chi connectivity index (χ4v) is 2.19. The summed E-state index contributed by atoms with van der Waals surface area (Å²) in [5, 5.41) is 11.2. The number of nitro groups is 1. The van der Waals surface area contributed by atoms with Crippen LogP contribution in [0.15, 0.2) is 40.9 Å². The fourth-order valence-electron chi connectivity index (χ4n) is 1.53. The molecule has 5 nitrogen and oxygen atoms in total. The van der Waals surface area contributed by atoms with Crippen LogP contribution in [0.4, 0.5) is 5.69 Å². The topological polar surface area (TPSA) is 69.4 Å². The first kappa shape index (κ1) is 14.5. The number of rotatable bonds is 4. The van der Waals surface area contributed by atoms with Crippen LogP contribution in [0.5, 0.6) is 11.5 Å². The van der Waals surface area contributed by atoms with E-state index in [2.05, 4.69) is 15.9 Å². The van der Waals surface area contributed by atoms with Gasteiger partial charge in [-0.15, -0.1) is 0 Å². The predicted molar refractivity (Wildman–Crippen MR) is 77.7 cm³/mol. The summed E-state index contributed by atoms with van der Waals surface area (Å²) in [7, 11) is 0. The lowest BCUT2D eigenvalue weighted by Crippen LogP contribution is -1.95. The first-order valence-electron chi connectivity index (χ1n) is 5.38. The predicted octanol–water partition coefficient (Wildman–Crippen LogP) is 4.62. The molecule has 0 aromatic heterocycles. The molecule has 0 atom stereocenters. The van der Waals surface area contributed by atoms with Gasteiger partial charge in [0.25, 0.3) is 0 Å². The molecule has 0 N–H and O–H groups in total. The molecular formula is C13H7BrClNO4. The lowest BCUT2D eigenvalue weighted by atomic mass is 10.2. The summed E-state index contributed by atoms with van der Waals surface area (Å²) >= 11 is 9.17. The van der Waals surface area contributed by atoms with Gasteiger partial charge in [-0.05, 0) is 40.2 Å². The molecule has 0 heterocycles. The van der Waals surface area contributed by atoms with Crippen molar-refractivity contribution in [1.82, 2.24) is 0 Å². The molecule has 0 radical (unpaired) electrons. The lowest BCUT2D eigenvalue weighted by molar-refractivity contribution is -0.385. The Morgan fingerprint density at radius 2 is 2.05 bits per heavy atom. The molecule has 0 aliphatic carbocycles. The largest absolute Gasteiger partial charge is 0.447 e. The van der Waals surface area contributed by atoms with Crippen molar-refractivity contribution in [3.8, 4) is 11.5 Å². The zero-order chi connectivity index (χ0) is 14.7. The smallest absolute Gasteiger partial charge is 0.312 e. The Labute approximate surface area is 127 Å². The van der Waals surface area contributed by atoms with E-state index >= 15 is 0 Å². The minimum atomic E-state index is -0.548. The van der Waals surface area contributed by atoms with Gasteiger partial charge in [-0.25, -0.2) is 0 Å². The molecule has 0 saturated carbocycles. The third kappa shape index (κ3) is 2.97. The van der Waals surface area contributed by atoms with E-state index in [0.717, 1.165) is 0 Å². The summed E-state index contributed by atoms with van der Waals surface area (Å²) in [6, 6.07) is 8.90. The van der Waals surface area contributed by atoms with Gasteiger partial charge >= 0.3 is 5.69 Å². The Balaban J connectivity index is 2.44. The number of benzene rings is 2. The maximum Gasteiger partial charge on any atom is 0.312 e. The van der Waals surface area contributed by atoms with Gasteiger partial charge in [0.1, 0.15) is 12.0 Å². The minimum Gasteiger partial charge on any atom is -0.447 e. The average Bonchev–Trinajstić information content (AvgIpc) is 2.42. The van der Waals surface area contributed by atoms with Crippen molar-refractivity contribution >= 4 is 39.5 Å². The van der Waals surface area contributed by atoms with E-state index < -0.39 is 4.92 Å². The zero-order valence-electron chi connectivity index (χ0n) is 9.88. The van der Waals surface area contributed by atoms with Crippen LogP contribution < -0.4 is 4.74 Å². The summed E-state index contributed by atoms with van der Waals surface area (Å²) in [5.41, 5.74) is 0.207. The van der Waals surface area contributed by atoms with Crippen molar-refractivity contribution in [3.63, 3.8) is 0 Å². The van der Waals surface area contributed by atoms with E-state index in [0.29, 0.717) is 16.3 Å². The van der Waals surface area contributed by atoms with Crippen LogP contribution in [-0.2, 0) is 0 Å². The first-order chi connectivity index (χ1) is 9.52. The third-order valence-electron chi connectivity index (χ3n) is 2.45. The fraction of sp³-hybridized carbons (Fsp3) is 0. The molecular weight excluding hydrogens is 350 g/mol. The normalized spacial score (nSPS) is 10.1. The lowest BCUT2D eigenvalue weighted by Gasteiger charge is -2.09. The monoisotopic (exact) mass is 355 g/mol. The molecule has 2 aromatic rings. The molecule has 0 aliphatic rings. The summed E-state index contributed by atoms with van der Waals surface area (Å²) < 4.78 is 5.93. The van der Waals surface area contributed by atoms with Crippen LogP contribution in [0.25, 0.3) is 0 Å². The Hall–Kier alpha value is -1.92. The molecule has 2 aromatic carbocycles. The van der Waals surface area contributed by atoms with E-state index in [1.807, 2.05) is 0 Å². The number of ether oxygens (including phenoxy) is 1. The highest BCUT2D eigenvalue weighted by atomic mass is 79.9. The van der Waals surface area contributed by atoms with Gasteiger partial charge in [0, 0.05) is 11.6 Å². The number of carbonyl (C=O) groups is 1. The Morgan fingerprint density at radius 3 is 2.65 bits per heavy atom.